The summed E-state index contributed by atoms with van der Waals surface area (Å²) in [5, 5.41) is 10.2. The van der Waals surface area contributed by atoms with Gasteiger partial charge in [0, 0.05) is 24.5 Å². The molecule has 0 spiro atoms. The van der Waals surface area contributed by atoms with Crippen LogP contribution in [-0.2, 0) is 9.59 Å². The number of aliphatic hydroxyl groups is 1. The highest BCUT2D eigenvalue weighted by molar-refractivity contribution is 6.01. The second-order valence-electron chi connectivity index (χ2n) is 4.52. The molecule has 0 saturated carbocycles. The summed E-state index contributed by atoms with van der Waals surface area (Å²) in [4.78, 5) is 24.2. The highest BCUT2D eigenvalue weighted by Gasteiger charge is 2.31. The molecular formula is C14H17NO5. The molecule has 20 heavy (non-hydrogen) atoms. The van der Waals surface area contributed by atoms with Crippen LogP contribution in [0.1, 0.15) is 24.5 Å². The maximum absolute atomic E-state index is 11.5. The molecule has 2 amide bonds. The number of carbonyl (C=O) groups excluding carboxylic acids is 2. The number of amides is 2. The van der Waals surface area contributed by atoms with Crippen molar-refractivity contribution >= 4 is 11.8 Å². The molecule has 6 nitrogen and oxygen atoms in total. The van der Waals surface area contributed by atoms with Crippen LogP contribution in [0.2, 0.25) is 0 Å². The Morgan fingerprint density at radius 1 is 1.20 bits per heavy atom. The van der Waals surface area contributed by atoms with Gasteiger partial charge in [0.25, 0.3) is 0 Å². The number of nitrogens with zero attached hydrogens (tertiary/aromatic N) is 1. The quantitative estimate of drug-likeness (QED) is 0.810. The van der Waals surface area contributed by atoms with E-state index in [9.17, 15) is 14.7 Å². The van der Waals surface area contributed by atoms with Gasteiger partial charge < -0.3 is 14.6 Å². The summed E-state index contributed by atoms with van der Waals surface area (Å²) in [7, 11) is 3.02. The van der Waals surface area contributed by atoms with E-state index in [-0.39, 0.29) is 31.2 Å². The van der Waals surface area contributed by atoms with Crippen molar-refractivity contribution in [2.45, 2.75) is 18.9 Å². The van der Waals surface area contributed by atoms with Crippen molar-refractivity contribution in [1.29, 1.82) is 0 Å². The van der Waals surface area contributed by atoms with Gasteiger partial charge >= 0.3 is 0 Å². The summed E-state index contributed by atoms with van der Waals surface area (Å²) in [6.45, 7) is -0.0552. The topological polar surface area (TPSA) is 76.1 Å². The molecule has 1 heterocycles. The monoisotopic (exact) mass is 279 g/mol. The van der Waals surface area contributed by atoms with Crippen molar-refractivity contribution in [2.24, 2.45) is 0 Å². The van der Waals surface area contributed by atoms with Gasteiger partial charge in [-0.15, -0.1) is 0 Å². The third kappa shape index (κ3) is 2.75. The molecule has 1 fully saturated rings. The molecule has 0 radical (unpaired) electrons. The van der Waals surface area contributed by atoms with Gasteiger partial charge in [0.1, 0.15) is 17.6 Å². The molecule has 0 aromatic heterocycles. The summed E-state index contributed by atoms with van der Waals surface area (Å²) in [5.41, 5.74) is 0.515. The predicted octanol–water partition coefficient (Wildman–Crippen LogP) is 0.886. The second kappa shape index (κ2) is 5.92. The molecule has 6 heteroatoms. The number of β-amino-alcohol motifs (C(OH)–C–C–N with tert-alkyl or cyclic N) is 1. The lowest BCUT2D eigenvalue weighted by atomic mass is 10.1. The predicted molar refractivity (Wildman–Crippen MR) is 70.5 cm³/mol. The Kier molecular flexibility index (Phi) is 4.24. The van der Waals surface area contributed by atoms with Gasteiger partial charge in [-0.1, -0.05) is 0 Å². The minimum absolute atomic E-state index is 0.0552. The molecule has 1 aliphatic heterocycles. The average Bonchev–Trinajstić information content (AvgIpc) is 2.78. The van der Waals surface area contributed by atoms with Crippen molar-refractivity contribution < 1.29 is 24.2 Å². The van der Waals surface area contributed by atoms with Crippen LogP contribution in [0.15, 0.2) is 18.2 Å². The Labute approximate surface area is 116 Å². The van der Waals surface area contributed by atoms with E-state index < -0.39 is 6.10 Å². The molecule has 108 valence electrons. The van der Waals surface area contributed by atoms with Gasteiger partial charge in [0.15, 0.2) is 0 Å². The lowest BCUT2D eigenvalue weighted by molar-refractivity contribution is -0.140. The summed E-state index contributed by atoms with van der Waals surface area (Å²) in [5.74, 6) is 0.560. The Morgan fingerprint density at radius 3 is 2.40 bits per heavy atom. The normalized spacial score (nSPS) is 16.4. The van der Waals surface area contributed by atoms with Gasteiger partial charge in [0.05, 0.1) is 20.8 Å². The molecule has 1 N–H and O–H groups in total. The van der Waals surface area contributed by atoms with Crippen LogP contribution in [-0.4, -0.2) is 42.6 Å². The van der Waals surface area contributed by atoms with Crippen LogP contribution >= 0.6 is 0 Å². The largest absolute Gasteiger partial charge is 0.497 e. The fourth-order valence-electron chi connectivity index (χ4n) is 2.19. The number of rotatable bonds is 5. The first-order chi connectivity index (χ1) is 9.56. The van der Waals surface area contributed by atoms with Gasteiger partial charge in [-0.25, -0.2) is 0 Å². The number of ether oxygens (including phenoxy) is 2. The van der Waals surface area contributed by atoms with Crippen molar-refractivity contribution in [1.82, 2.24) is 4.90 Å². The van der Waals surface area contributed by atoms with Crippen LogP contribution in [0, 0.1) is 0 Å². The third-order valence-electron chi connectivity index (χ3n) is 3.31. The first kappa shape index (κ1) is 14.3. The molecule has 1 atom stereocenters. The molecule has 0 bridgehead atoms. The molecular weight excluding hydrogens is 262 g/mol. The van der Waals surface area contributed by atoms with E-state index in [0.717, 1.165) is 4.90 Å². The zero-order valence-corrected chi connectivity index (χ0v) is 11.5. The lowest BCUT2D eigenvalue weighted by Gasteiger charge is -2.20. The summed E-state index contributed by atoms with van der Waals surface area (Å²) < 4.78 is 10.3. The van der Waals surface area contributed by atoms with Crippen molar-refractivity contribution in [3.63, 3.8) is 0 Å². The van der Waals surface area contributed by atoms with E-state index in [2.05, 4.69) is 0 Å². The standard InChI is InChI=1S/C14H17NO5/c1-19-9-3-4-10(12(7-9)20-2)11(16)8-15-13(17)5-6-14(15)18/h3-4,7,11,16H,5-6,8H2,1-2H3. The molecule has 1 aromatic carbocycles. The Morgan fingerprint density at radius 2 is 1.85 bits per heavy atom. The van der Waals surface area contributed by atoms with Crippen LogP contribution < -0.4 is 9.47 Å². The molecule has 1 saturated heterocycles. The molecule has 1 aliphatic rings. The Bertz CT molecular complexity index is 512. The first-order valence-corrected chi connectivity index (χ1v) is 6.30. The van der Waals surface area contributed by atoms with E-state index in [1.807, 2.05) is 0 Å². The van der Waals surface area contributed by atoms with Gasteiger partial charge in [-0.2, -0.15) is 0 Å². The van der Waals surface area contributed by atoms with Crippen LogP contribution in [0.25, 0.3) is 0 Å². The van der Waals surface area contributed by atoms with E-state index in [4.69, 9.17) is 9.47 Å². The number of methoxy groups -OCH3 is 2. The Hall–Kier alpha value is -2.08. The van der Waals surface area contributed by atoms with Crippen molar-refractivity contribution in [2.75, 3.05) is 20.8 Å². The van der Waals surface area contributed by atoms with E-state index in [1.54, 1.807) is 18.2 Å². The number of likely N-dealkylation sites (tertiary alicyclic amines) is 1. The van der Waals surface area contributed by atoms with Gasteiger partial charge in [-0.3, -0.25) is 14.5 Å². The van der Waals surface area contributed by atoms with Crippen LogP contribution in [0.4, 0.5) is 0 Å². The minimum Gasteiger partial charge on any atom is -0.497 e. The number of hydrogen-bond acceptors (Lipinski definition) is 5. The number of aliphatic hydroxyl groups excluding tert-OH is 1. The zero-order valence-electron chi connectivity index (χ0n) is 11.5. The molecule has 2 rings (SSSR count). The van der Waals surface area contributed by atoms with E-state index in [1.165, 1.54) is 14.2 Å². The molecule has 0 aliphatic carbocycles. The summed E-state index contributed by atoms with van der Waals surface area (Å²) >= 11 is 0. The maximum Gasteiger partial charge on any atom is 0.229 e. The van der Waals surface area contributed by atoms with Gasteiger partial charge in [-0.05, 0) is 12.1 Å². The summed E-state index contributed by atoms with van der Waals surface area (Å²) in [6.07, 6.45) is -0.557. The van der Waals surface area contributed by atoms with E-state index in [0.29, 0.717) is 17.1 Å². The van der Waals surface area contributed by atoms with Crippen LogP contribution in [0.5, 0.6) is 11.5 Å². The highest BCUT2D eigenvalue weighted by Crippen LogP contribution is 2.30. The summed E-state index contributed by atoms with van der Waals surface area (Å²) in [6, 6.07) is 4.99. The van der Waals surface area contributed by atoms with Crippen molar-refractivity contribution in [3.05, 3.63) is 23.8 Å². The average molecular weight is 279 g/mol. The maximum atomic E-state index is 11.5. The molecule has 1 aromatic rings. The van der Waals surface area contributed by atoms with Crippen molar-refractivity contribution in [3.8, 4) is 11.5 Å². The SMILES string of the molecule is COc1ccc(C(O)CN2C(=O)CCC2=O)c(OC)c1. The highest BCUT2D eigenvalue weighted by atomic mass is 16.5. The number of carbonyl (C=O) groups is 2. The molecule has 1 unspecified atom stereocenters. The number of imide groups is 1. The fourth-order valence-corrected chi connectivity index (χ4v) is 2.19. The number of benzene rings is 1. The smallest absolute Gasteiger partial charge is 0.229 e. The number of hydrogen-bond donors (Lipinski definition) is 1. The zero-order chi connectivity index (χ0) is 14.7. The minimum atomic E-state index is -0.984. The third-order valence-corrected chi connectivity index (χ3v) is 3.31. The fraction of sp³-hybridized carbons (Fsp3) is 0.429. The lowest BCUT2D eigenvalue weighted by Crippen LogP contribution is -2.33. The van der Waals surface area contributed by atoms with Gasteiger partial charge in [0.2, 0.25) is 11.8 Å². The first-order valence-electron chi connectivity index (χ1n) is 6.30. The Balaban J connectivity index is 2.18. The van der Waals surface area contributed by atoms with E-state index >= 15 is 0 Å². The second-order valence-corrected chi connectivity index (χ2v) is 4.52. The van der Waals surface area contributed by atoms with Crippen LogP contribution in [0.3, 0.4) is 0 Å².